The van der Waals surface area contributed by atoms with E-state index < -0.39 is 0 Å². The first-order chi connectivity index (χ1) is 5.41. The number of unbranched alkanes of at least 4 members (excludes halogenated alkanes) is 2. The van der Waals surface area contributed by atoms with Gasteiger partial charge in [0.05, 0.1) is 0 Å². The van der Waals surface area contributed by atoms with Gasteiger partial charge in [-0.2, -0.15) is 0 Å². The Morgan fingerprint density at radius 1 is 1.18 bits per heavy atom. The van der Waals surface area contributed by atoms with Crippen molar-refractivity contribution in [1.82, 2.24) is 0 Å². The van der Waals surface area contributed by atoms with Gasteiger partial charge in [-0.3, -0.25) is 0 Å². The fourth-order valence-electron chi connectivity index (χ4n) is 0.600. The molecule has 2 heteroatoms. The molecule has 0 N–H and O–H groups in total. The van der Waals surface area contributed by atoms with Crippen LogP contribution in [0.4, 0.5) is 0 Å². The van der Waals surface area contributed by atoms with Crippen molar-refractivity contribution in [2.45, 2.75) is 39.5 Å². The molecule has 0 saturated heterocycles. The standard InChI is InChI=1S/C9H19O2/c1-3-5-7-10-9-11-8-6-4-2/h9H,3-8H2,1-2H3/q+1. The zero-order chi connectivity index (χ0) is 8.36. The van der Waals surface area contributed by atoms with Crippen LogP contribution in [0.25, 0.3) is 0 Å². The Kier molecular flexibility index (Phi) is 9.01. The molecule has 0 fully saturated rings. The molecule has 0 aromatic heterocycles. The lowest BCUT2D eigenvalue weighted by Gasteiger charge is -1.86. The van der Waals surface area contributed by atoms with Crippen LogP contribution in [0.2, 0.25) is 0 Å². The quantitative estimate of drug-likeness (QED) is 0.317. The smallest absolute Gasteiger partial charge is 0.324 e. The number of hydrogen-bond acceptors (Lipinski definition) is 1. The Morgan fingerprint density at radius 2 is 1.91 bits per heavy atom. The molecule has 66 valence electrons. The molecule has 0 aliphatic heterocycles. The summed E-state index contributed by atoms with van der Waals surface area (Å²) >= 11 is 0. The Labute approximate surface area is 69.3 Å². The van der Waals surface area contributed by atoms with Crippen molar-refractivity contribution in [3.8, 4) is 0 Å². The van der Waals surface area contributed by atoms with E-state index in [1.165, 1.54) is 19.3 Å². The van der Waals surface area contributed by atoms with Crippen LogP contribution < -0.4 is 0 Å². The maximum Gasteiger partial charge on any atom is 0.472 e. The van der Waals surface area contributed by atoms with Crippen LogP contribution in [0.3, 0.4) is 0 Å². The molecule has 0 aliphatic rings. The van der Waals surface area contributed by atoms with E-state index in [4.69, 9.17) is 9.16 Å². The number of ether oxygens (including phenoxy) is 1. The van der Waals surface area contributed by atoms with E-state index in [1.807, 2.05) is 0 Å². The molecule has 0 saturated carbocycles. The minimum Gasteiger partial charge on any atom is -0.324 e. The van der Waals surface area contributed by atoms with Crippen molar-refractivity contribution in [2.24, 2.45) is 0 Å². The van der Waals surface area contributed by atoms with Gasteiger partial charge in [-0.1, -0.05) is 26.7 Å². The van der Waals surface area contributed by atoms with Crippen LogP contribution >= 0.6 is 0 Å². The SMILES string of the molecule is CCCCOC=[O+]CCCC. The summed E-state index contributed by atoms with van der Waals surface area (Å²) in [7, 11) is 0. The van der Waals surface area contributed by atoms with Gasteiger partial charge in [0.1, 0.15) is 0 Å². The Morgan fingerprint density at radius 3 is 2.55 bits per heavy atom. The van der Waals surface area contributed by atoms with E-state index >= 15 is 0 Å². The van der Waals surface area contributed by atoms with Crippen LogP contribution in [0.5, 0.6) is 0 Å². The summed E-state index contributed by atoms with van der Waals surface area (Å²) in [5.74, 6) is 0. The first-order valence-electron chi connectivity index (χ1n) is 4.46. The Balaban J connectivity index is 2.91. The van der Waals surface area contributed by atoms with E-state index in [2.05, 4.69) is 13.8 Å². The molecule has 0 atom stereocenters. The van der Waals surface area contributed by atoms with Gasteiger partial charge in [0, 0.05) is 12.8 Å². The van der Waals surface area contributed by atoms with E-state index in [9.17, 15) is 0 Å². The molecule has 0 rings (SSSR count). The molecule has 0 radical (unpaired) electrons. The summed E-state index contributed by atoms with van der Waals surface area (Å²) < 4.78 is 10.1. The lowest BCUT2D eigenvalue weighted by molar-refractivity contribution is -0.461. The third-order valence-corrected chi connectivity index (χ3v) is 1.37. The maximum atomic E-state index is 5.07. The van der Waals surface area contributed by atoms with Crippen molar-refractivity contribution in [2.75, 3.05) is 13.2 Å². The largest absolute Gasteiger partial charge is 0.472 e. The summed E-state index contributed by atoms with van der Waals surface area (Å²) in [6.07, 6.45) is 4.55. The highest BCUT2D eigenvalue weighted by atomic mass is 16.6. The van der Waals surface area contributed by atoms with Crippen molar-refractivity contribution in [1.29, 1.82) is 0 Å². The van der Waals surface area contributed by atoms with Gasteiger partial charge in [0.15, 0.2) is 13.2 Å². The molecule has 0 amide bonds. The van der Waals surface area contributed by atoms with Crippen molar-refractivity contribution in [3.63, 3.8) is 0 Å². The first-order valence-corrected chi connectivity index (χ1v) is 4.46. The molecule has 0 aliphatic carbocycles. The second-order valence-electron chi connectivity index (χ2n) is 2.54. The van der Waals surface area contributed by atoms with Gasteiger partial charge in [-0.15, -0.1) is 0 Å². The van der Waals surface area contributed by atoms with Gasteiger partial charge in [-0.25, -0.2) is 0 Å². The average Bonchev–Trinajstić information content (AvgIpc) is 2.03. The van der Waals surface area contributed by atoms with E-state index in [-0.39, 0.29) is 0 Å². The van der Waals surface area contributed by atoms with Gasteiger partial charge in [0.2, 0.25) is 0 Å². The molecule has 0 aromatic carbocycles. The molecule has 0 heterocycles. The lowest BCUT2D eigenvalue weighted by Crippen LogP contribution is -1.94. The molecule has 0 aromatic rings. The normalized spacial score (nSPS) is 10.7. The van der Waals surface area contributed by atoms with Crippen molar-refractivity contribution >= 4 is 6.47 Å². The zero-order valence-corrected chi connectivity index (χ0v) is 7.64. The minimum absolute atomic E-state index is 0.780. The molecule has 0 bridgehead atoms. The summed E-state index contributed by atoms with van der Waals surface area (Å²) in [6.45, 7) is 7.30. The summed E-state index contributed by atoms with van der Waals surface area (Å²) in [5, 5.41) is 0. The monoisotopic (exact) mass is 159 g/mol. The summed E-state index contributed by atoms with van der Waals surface area (Å²) in [4.78, 5) is 0. The van der Waals surface area contributed by atoms with Gasteiger partial charge in [-0.05, 0) is 0 Å². The van der Waals surface area contributed by atoms with Crippen LogP contribution in [0.1, 0.15) is 39.5 Å². The Hall–Kier alpha value is -0.530. The van der Waals surface area contributed by atoms with Crippen molar-refractivity contribution < 1.29 is 9.16 Å². The molecular weight excluding hydrogens is 140 g/mol. The highest BCUT2D eigenvalue weighted by Gasteiger charge is 1.90. The van der Waals surface area contributed by atoms with Gasteiger partial charge in [0.25, 0.3) is 0 Å². The fourth-order valence-corrected chi connectivity index (χ4v) is 0.600. The zero-order valence-electron chi connectivity index (χ0n) is 7.64. The van der Waals surface area contributed by atoms with Crippen LogP contribution in [0.15, 0.2) is 0 Å². The van der Waals surface area contributed by atoms with Crippen LogP contribution in [0, 0.1) is 0 Å². The van der Waals surface area contributed by atoms with Gasteiger partial charge < -0.3 is 9.16 Å². The third-order valence-electron chi connectivity index (χ3n) is 1.37. The predicted octanol–water partition coefficient (Wildman–Crippen LogP) is 2.30. The topological polar surface area (TPSA) is 20.5 Å². The third kappa shape index (κ3) is 9.47. The highest BCUT2D eigenvalue weighted by Crippen LogP contribution is 1.85. The molecule has 11 heavy (non-hydrogen) atoms. The van der Waals surface area contributed by atoms with Crippen LogP contribution in [-0.4, -0.2) is 19.7 Å². The number of rotatable bonds is 7. The highest BCUT2D eigenvalue weighted by molar-refractivity contribution is 5.37. The summed E-state index contributed by atoms with van der Waals surface area (Å²) in [6, 6.07) is 0. The minimum atomic E-state index is 0.780. The maximum absolute atomic E-state index is 5.07. The average molecular weight is 159 g/mol. The van der Waals surface area contributed by atoms with E-state index in [0.29, 0.717) is 0 Å². The van der Waals surface area contributed by atoms with E-state index in [1.54, 1.807) is 0 Å². The molecular formula is C9H19O2+. The van der Waals surface area contributed by atoms with E-state index in [0.717, 1.165) is 26.1 Å². The van der Waals surface area contributed by atoms with Crippen molar-refractivity contribution in [3.05, 3.63) is 0 Å². The first kappa shape index (κ1) is 10.5. The van der Waals surface area contributed by atoms with Gasteiger partial charge >= 0.3 is 6.47 Å². The van der Waals surface area contributed by atoms with Crippen LogP contribution in [-0.2, 0) is 9.16 Å². The lowest BCUT2D eigenvalue weighted by atomic mass is 10.4. The Bertz CT molecular complexity index is 89.6. The predicted molar refractivity (Wildman–Crippen MR) is 46.7 cm³/mol. The summed E-state index contributed by atoms with van der Waals surface area (Å²) in [5.41, 5.74) is 0. The second kappa shape index (κ2) is 9.47. The fraction of sp³-hybridized carbons (Fsp3) is 0.889. The number of carbonyl (C=O) groups excluding carboxylic acids is 1. The second-order valence-corrected chi connectivity index (χ2v) is 2.54. The number of hydrogen-bond donors (Lipinski definition) is 0. The molecule has 0 unspecified atom stereocenters. The molecule has 0 spiro atoms. The molecule has 2 nitrogen and oxygen atoms in total.